The molecular formula is C17H20N2O4. The van der Waals surface area contributed by atoms with Crippen molar-refractivity contribution >= 4 is 22.8 Å². The van der Waals surface area contributed by atoms with E-state index in [-0.39, 0.29) is 18.4 Å². The Bertz CT molecular complexity index is 709. The summed E-state index contributed by atoms with van der Waals surface area (Å²) in [4.78, 5) is 28.2. The minimum absolute atomic E-state index is 0.00582. The lowest BCUT2D eigenvalue weighted by Gasteiger charge is -2.35. The van der Waals surface area contributed by atoms with E-state index >= 15 is 0 Å². The number of nitrogens with one attached hydrogen (secondary N) is 1. The van der Waals surface area contributed by atoms with E-state index in [1.165, 1.54) is 0 Å². The molecule has 1 saturated heterocycles. The number of nitrogens with zero attached hydrogens (tertiary/aromatic N) is 1. The second kappa shape index (κ2) is 6.83. The molecule has 6 heteroatoms. The molecule has 122 valence electrons. The highest BCUT2D eigenvalue weighted by atomic mass is 16.5. The average molecular weight is 316 g/mol. The van der Waals surface area contributed by atoms with Crippen molar-refractivity contribution in [2.75, 3.05) is 19.8 Å². The van der Waals surface area contributed by atoms with Crippen LogP contribution in [0.2, 0.25) is 0 Å². The zero-order valence-corrected chi connectivity index (χ0v) is 12.8. The molecule has 1 aliphatic rings. The van der Waals surface area contributed by atoms with Crippen molar-refractivity contribution in [1.29, 1.82) is 0 Å². The van der Waals surface area contributed by atoms with Crippen LogP contribution in [0.25, 0.3) is 10.9 Å². The number of morpholine rings is 1. The number of fused-ring (bicyclic) bond motifs is 1. The van der Waals surface area contributed by atoms with Gasteiger partial charge in [-0.05, 0) is 35.6 Å². The van der Waals surface area contributed by atoms with Crippen molar-refractivity contribution in [3.8, 4) is 0 Å². The summed E-state index contributed by atoms with van der Waals surface area (Å²) in [6, 6.07) is 7.75. The van der Waals surface area contributed by atoms with E-state index in [2.05, 4.69) is 11.1 Å². The summed E-state index contributed by atoms with van der Waals surface area (Å²) in [6.45, 7) is 1.23. The third kappa shape index (κ3) is 3.71. The summed E-state index contributed by atoms with van der Waals surface area (Å²) in [5.41, 5.74) is 2.18. The second-order valence-electron chi connectivity index (χ2n) is 5.81. The van der Waals surface area contributed by atoms with Crippen LogP contribution in [0.15, 0.2) is 30.5 Å². The van der Waals surface area contributed by atoms with Gasteiger partial charge in [0.2, 0.25) is 5.91 Å². The third-order valence-corrected chi connectivity index (χ3v) is 4.20. The van der Waals surface area contributed by atoms with Gasteiger partial charge in [-0.25, -0.2) is 0 Å². The van der Waals surface area contributed by atoms with E-state index in [1.807, 2.05) is 24.4 Å². The number of aryl methyl sites for hydroxylation is 1. The number of ether oxygens (including phenoxy) is 1. The summed E-state index contributed by atoms with van der Waals surface area (Å²) in [5, 5.41) is 10.1. The van der Waals surface area contributed by atoms with E-state index in [1.54, 1.807) is 4.90 Å². The first-order valence-corrected chi connectivity index (χ1v) is 7.78. The molecule has 6 nitrogen and oxygen atoms in total. The fourth-order valence-corrected chi connectivity index (χ4v) is 3.01. The van der Waals surface area contributed by atoms with Crippen molar-refractivity contribution in [3.05, 3.63) is 36.0 Å². The van der Waals surface area contributed by atoms with Crippen LogP contribution in [0.1, 0.15) is 18.4 Å². The molecule has 2 aromatic rings. The maximum Gasteiger partial charge on any atom is 0.305 e. The normalized spacial score (nSPS) is 18.3. The fraction of sp³-hybridized carbons (Fsp3) is 0.412. The van der Waals surface area contributed by atoms with Crippen molar-refractivity contribution in [2.24, 2.45) is 0 Å². The molecule has 1 aromatic heterocycles. The van der Waals surface area contributed by atoms with Gasteiger partial charge in [0.05, 0.1) is 25.7 Å². The zero-order chi connectivity index (χ0) is 16.2. The summed E-state index contributed by atoms with van der Waals surface area (Å²) < 4.78 is 5.30. The number of hydrogen-bond acceptors (Lipinski definition) is 3. The highest BCUT2D eigenvalue weighted by Gasteiger charge is 2.28. The predicted molar refractivity (Wildman–Crippen MR) is 85.2 cm³/mol. The number of carboxylic acids is 1. The number of aromatic nitrogens is 1. The second-order valence-corrected chi connectivity index (χ2v) is 5.81. The van der Waals surface area contributed by atoms with Crippen molar-refractivity contribution in [2.45, 2.75) is 25.3 Å². The first kappa shape index (κ1) is 15.6. The molecule has 1 amide bonds. The molecule has 2 heterocycles. The number of hydrogen-bond donors (Lipinski definition) is 2. The number of carbonyl (C=O) groups excluding carboxylic acids is 1. The van der Waals surface area contributed by atoms with E-state index in [0.29, 0.717) is 32.6 Å². The quantitative estimate of drug-likeness (QED) is 0.881. The maximum absolute atomic E-state index is 12.4. The van der Waals surface area contributed by atoms with Crippen LogP contribution in [-0.4, -0.2) is 52.7 Å². The topological polar surface area (TPSA) is 82.6 Å². The molecule has 0 saturated carbocycles. The number of aliphatic carboxylic acids is 1. The maximum atomic E-state index is 12.4. The Morgan fingerprint density at radius 3 is 3.04 bits per heavy atom. The van der Waals surface area contributed by atoms with Gasteiger partial charge >= 0.3 is 5.97 Å². The highest BCUT2D eigenvalue weighted by molar-refractivity contribution is 5.81. The van der Waals surface area contributed by atoms with Gasteiger partial charge < -0.3 is 19.7 Å². The van der Waals surface area contributed by atoms with E-state index in [4.69, 9.17) is 9.84 Å². The summed E-state index contributed by atoms with van der Waals surface area (Å²) in [6.07, 6.45) is 2.86. The smallest absolute Gasteiger partial charge is 0.305 e. The summed E-state index contributed by atoms with van der Waals surface area (Å²) in [5.74, 6) is -0.912. The van der Waals surface area contributed by atoms with Crippen molar-refractivity contribution in [1.82, 2.24) is 9.88 Å². The lowest BCUT2D eigenvalue weighted by atomic mass is 10.1. The number of amides is 1. The molecule has 23 heavy (non-hydrogen) atoms. The summed E-state index contributed by atoms with van der Waals surface area (Å²) in [7, 11) is 0. The van der Waals surface area contributed by atoms with Gasteiger partial charge in [-0.3, -0.25) is 9.59 Å². The monoisotopic (exact) mass is 316 g/mol. The number of carboxylic acid groups (broad SMARTS) is 1. The molecule has 2 N–H and O–H groups in total. The van der Waals surface area contributed by atoms with E-state index < -0.39 is 5.97 Å². The number of aromatic amines is 1. The number of benzene rings is 1. The van der Waals surface area contributed by atoms with Crippen molar-refractivity contribution < 1.29 is 19.4 Å². The van der Waals surface area contributed by atoms with Gasteiger partial charge in [-0.2, -0.15) is 0 Å². The molecule has 3 rings (SSSR count). The Balaban J connectivity index is 1.61. The van der Waals surface area contributed by atoms with Gasteiger partial charge in [0.1, 0.15) is 0 Å². The minimum Gasteiger partial charge on any atom is -0.481 e. The standard InChI is InChI=1S/C17H20N2O4/c20-16(19-7-8-23-11-14(19)10-17(21)22)4-2-12-1-3-15-13(9-12)5-6-18-15/h1,3,5-6,9,14,18H,2,4,7-8,10-11H2,(H,21,22). The lowest BCUT2D eigenvalue weighted by Crippen LogP contribution is -2.49. The Morgan fingerprint density at radius 1 is 1.35 bits per heavy atom. The Morgan fingerprint density at radius 2 is 2.22 bits per heavy atom. The molecule has 1 fully saturated rings. The van der Waals surface area contributed by atoms with Gasteiger partial charge in [-0.1, -0.05) is 6.07 Å². The van der Waals surface area contributed by atoms with Crippen LogP contribution in [0.4, 0.5) is 0 Å². The molecule has 0 radical (unpaired) electrons. The Kier molecular flexibility index (Phi) is 4.62. The molecule has 1 aliphatic heterocycles. The molecule has 0 spiro atoms. The number of rotatable bonds is 5. The fourth-order valence-electron chi connectivity index (χ4n) is 3.01. The molecule has 0 aliphatic carbocycles. The largest absolute Gasteiger partial charge is 0.481 e. The number of H-pyrrole nitrogens is 1. The van der Waals surface area contributed by atoms with Crippen LogP contribution in [0.5, 0.6) is 0 Å². The van der Waals surface area contributed by atoms with Gasteiger partial charge in [0.25, 0.3) is 0 Å². The highest BCUT2D eigenvalue weighted by Crippen LogP contribution is 2.17. The minimum atomic E-state index is -0.906. The summed E-state index contributed by atoms with van der Waals surface area (Å²) >= 11 is 0. The van der Waals surface area contributed by atoms with E-state index in [9.17, 15) is 9.59 Å². The number of carbonyl (C=O) groups is 2. The predicted octanol–water partition coefficient (Wildman–Crippen LogP) is 1.80. The molecular weight excluding hydrogens is 296 g/mol. The average Bonchev–Trinajstić information content (AvgIpc) is 3.00. The molecule has 1 aromatic carbocycles. The first-order valence-electron chi connectivity index (χ1n) is 7.78. The lowest BCUT2D eigenvalue weighted by molar-refractivity contribution is -0.146. The zero-order valence-electron chi connectivity index (χ0n) is 12.8. The SMILES string of the molecule is O=C(O)CC1COCCN1C(=O)CCc1ccc2[nH]ccc2c1. The van der Waals surface area contributed by atoms with E-state index in [0.717, 1.165) is 16.5 Å². The van der Waals surface area contributed by atoms with Crippen LogP contribution in [0.3, 0.4) is 0 Å². The van der Waals surface area contributed by atoms with Crippen LogP contribution in [-0.2, 0) is 20.7 Å². The van der Waals surface area contributed by atoms with Crippen molar-refractivity contribution in [3.63, 3.8) is 0 Å². The molecule has 0 bridgehead atoms. The Hall–Kier alpha value is -2.34. The first-order chi connectivity index (χ1) is 11.1. The molecule has 1 unspecified atom stereocenters. The van der Waals surface area contributed by atoms with Gasteiger partial charge in [0.15, 0.2) is 0 Å². The Labute approximate surface area is 134 Å². The van der Waals surface area contributed by atoms with Crippen LogP contribution >= 0.6 is 0 Å². The van der Waals surface area contributed by atoms with Crippen LogP contribution < -0.4 is 0 Å². The van der Waals surface area contributed by atoms with Gasteiger partial charge in [-0.15, -0.1) is 0 Å². The van der Waals surface area contributed by atoms with Gasteiger partial charge in [0, 0.05) is 24.7 Å². The third-order valence-electron chi connectivity index (χ3n) is 4.20. The van der Waals surface area contributed by atoms with Crippen LogP contribution in [0, 0.1) is 0 Å². The molecule has 1 atom stereocenters.